The fraction of sp³-hybridized carbons (Fsp3) is 0.724. The van der Waals surface area contributed by atoms with Crippen molar-refractivity contribution >= 4 is 11.9 Å². The minimum atomic E-state index is -1.11. The van der Waals surface area contributed by atoms with E-state index in [4.69, 9.17) is 9.84 Å². The van der Waals surface area contributed by atoms with Crippen molar-refractivity contribution in [3.8, 4) is 0 Å². The van der Waals surface area contributed by atoms with Crippen molar-refractivity contribution in [3.05, 3.63) is 35.4 Å². The van der Waals surface area contributed by atoms with Crippen LogP contribution in [0.4, 0.5) is 0 Å². The molecule has 1 rings (SSSR count). The molecule has 33 heavy (non-hydrogen) atoms. The summed E-state index contributed by atoms with van der Waals surface area (Å²) in [5, 5.41) is 9.15. The van der Waals surface area contributed by atoms with Crippen LogP contribution in [0, 0.1) is 5.92 Å². The summed E-state index contributed by atoms with van der Waals surface area (Å²) in [5.74, 6) is -0.745. The molecule has 0 aliphatic rings. The Kier molecular flexibility index (Phi) is 17.4. The lowest BCUT2D eigenvalue weighted by Crippen LogP contribution is -2.12. The van der Waals surface area contributed by atoms with Crippen molar-refractivity contribution in [3.63, 3.8) is 0 Å². The summed E-state index contributed by atoms with van der Waals surface area (Å²) in [7, 11) is 0. The summed E-state index contributed by atoms with van der Waals surface area (Å²) in [6, 6.07) is 6.19. The van der Waals surface area contributed by atoms with E-state index in [1.54, 1.807) is 12.1 Å². The Balaban J connectivity index is 1.85. The van der Waals surface area contributed by atoms with Crippen LogP contribution in [0.3, 0.4) is 0 Å². The van der Waals surface area contributed by atoms with Crippen molar-refractivity contribution < 1.29 is 19.4 Å². The number of ether oxygens (including phenoxy) is 1. The van der Waals surface area contributed by atoms with Crippen molar-refractivity contribution in [1.82, 2.24) is 0 Å². The molecule has 0 radical (unpaired) electrons. The highest BCUT2D eigenvalue weighted by Gasteiger charge is 2.16. The minimum Gasteiger partial charge on any atom is -0.478 e. The zero-order valence-electron chi connectivity index (χ0n) is 21.3. The van der Waals surface area contributed by atoms with E-state index in [0.29, 0.717) is 6.61 Å². The molecule has 0 heterocycles. The predicted octanol–water partition coefficient (Wildman–Crippen LogP) is 8.83. The molecule has 0 fully saturated rings. The van der Waals surface area contributed by atoms with E-state index in [2.05, 4.69) is 13.8 Å². The van der Waals surface area contributed by atoms with Crippen LogP contribution >= 0.6 is 0 Å². The first-order valence-corrected chi connectivity index (χ1v) is 13.6. The molecule has 0 aliphatic carbocycles. The molecule has 1 unspecified atom stereocenters. The van der Waals surface area contributed by atoms with Crippen LogP contribution < -0.4 is 0 Å². The number of carboxylic acids is 1. The maximum Gasteiger partial charge on any atom is 0.339 e. The number of carboxylic acid groups (broad SMARTS) is 1. The Bertz CT molecular complexity index is 640. The summed E-state index contributed by atoms with van der Waals surface area (Å²) in [5.41, 5.74) is 0.122. The molecule has 0 amide bonds. The highest BCUT2D eigenvalue weighted by Crippen LogP contribution is 2.16. The average Bonchev–Trinajstić information content (AvgIpc) is 2.82. The number of hydrogen-bond donors (Lipinski definition) is 1. The van der Waals surface area contributed by atoms with Crippen molar-refractivity contribution in [2.75, 3.05) is 6.61 Å². The van der Waals surface area contributed by atoms with Gasteiger partial charge in [-0.2, -0.15) is 0 Å². The first-order chi connectivity index (χ1) is 16.1. The molecule has 0 aliphatic heterocycles. The van der Waals surface area contributed by atoms with Gasteiger partial charge in [-0.1, -0.05) is 129 Å². The van der Waals surface area contributed by atoms with Gasteiger partial charge in [0.1, 0.15) is 0 Å². The minimum absolute atomic E-state index is 0.00463. The zero-order valence-corrected chi connectivity index (χ0v) is 21.3. The quantitative estimate of drug-likeness (QED) is 0.147. The van der Waals surface area contributed by atoms with E-state index in [-0.39, 0.29) is 11.1 Å². The smallest absolute Gasteiger partial charge is 0.339 e. The van der Waals surface area contributed by atoms with Gasteiger partial charge in [0, 0.05) is 0 Å². The first-order valence-electron chi connectivity index (χ1n) is 13.6. The van der Waals surface area contributed by atoms with Gasteiger partial charge in [-0.15, -0.1) is 0 Å². The second-order valence-electron chi connectivity index (χ2n) is 9.59. The molecule has 4 nitrogen and oxygen atoms in total. The largest absolute Gasteiger partial charge is 0.478 e. The lowest BCUT2D eigenvalue weighted by Gasteiger charge is -2.07. The maximum atomic E-state index is 12.1. The third-order valence-corrected chi connectivity index (χ3v) is 6.65. The number of esters is 1. The number of carbonyl (C=O) groups excluding carboxylic acids is 1. The van der Waals surface area contributed by atoms with Crippen LogP contribution in [0.1, 0.15) is 144 Å². The molecule has 0 aromatic heterocycles. The molecule has 1 aromatic rings. The van der Waals surface area contributed by atoms with Gasteiger partial charge in [0.25, 0.3) is 0 Å². The second kappa shape index (κ2) is 19.6. The van der Waals surface area contributed by atoms with E-state index < -0.39 is 11.9 Å². The van der Waals surface area contributed by atoms with Gasteiger partial charge < -0.3 is 9.84 Å². The average molecular weight is 461 g/mol. The van der Waals surface area contributed by atoms with Crippen LogP contribution in [0.5, 0.6) is 0 Å². The summed E-state index contributed by atoms with van der Waals surface area (Å²) in [6.07, 6.45) is 22.3. The third kappa shape index (κ3) is 14.8. The molecule has 1 N–H and O–H groups in total. The van der Waals surface area contributed by atoms with Crippen LogP contribution in [-0.4, -0.2) is 23.7 Å². The molecule has 1 atom stereocenters. The standard InChI is InChI=1S/C29H48O4/c1-3-25(2)21-17-15-13-11-9-7-5-4-6-8-10-12-14-16-20-24-33-29(32)27-23-19-18-22-26(27)28(30)31/h18-19,22-23,25H,3-17,20-21,24H2,1-2H3,(H,30,31). The maximum absolute atomic E-state index is 12.1. The van der Waals surface area contributed by atoms with Crippen LogP contribution in [0.25, 0.3) is 0 Å². The predicted molar refractivity (Wildman–Crippen MR) is 137 cm³/mol. The van der Waals surface area contributed by atoms with Crippen molar-refractivity contribution in [2.45, 2.75) is 123 Å². The van der Waals surface area contributed by atoms with E-state index in [0.717, 1.165) is 18.8 Å². The third-order valence-electron chi connectivity index (χ3n) is 6.65. The van der Waals surface area contributed by atoms with Crippen LogP contribution in [0.2, 0.25) is 0 Å². The van der Waals surface area contributed by atoms with E-state index in [1.807, 2.05) is 0 Å². The molecule has 0 saturated heterocycles. The number of unbranched alkanes of at least 4 members (excludes halogenated alkanes) is 14. The summed E-state index contributed by atoms with van der Waals surface area (Å²) in [4.78, 5) is 23.3. The topological polar surface area (TPSA) is 63.6 Å². The van der Waals surface area contributed by atoms with Gasteiger partial charge in [0.15, 0.2) is 0 Å². The fourth-order valence-electron chi connectivity index (χ4n) is 4.19. The van der Waals surface area contributed by atoms with Crippen molar-refractivity contribution in [2.24, 2.45) is 5.92 Å². The van der Waals surface area contributed by atoms with E-state index in [9.17, 15) is 9.59 Å². The van der Waals surface area contributed by atoms with Crippen LogP contribution in [-0.2, 0) is 4.74 Å². The molecular formula is C29H48O4. The number of carbonyl (C=O) groups is 2. The summed E-state index contributed by atoms with van der Waals surface area (Å²) < 4.78 is 5.25. The SMILES string of the molecule is CCC(C)CCCCCCCCCCCCCCCCCOC(=O)c1ccccc1C(=O)O. The Hall–Kier alpha value is -1.84. The Morgan fingerprint density at radius 3 is 1.61 bits per heavy atom. The number of benzene rings is 1. The Morgan fingerprint density at radius 1 is 0.727 bits per heavy atom. The van der Waals surface area contributed by atoms with E-state index >= 15 is 0 Å². The number of rotatable bonds is 21. The molecule has 0 saturated carbocycles. The highest BCUT2D eigenvalue weighted by molar-refractivity contribution is 6.02. The fourth-order valence-corrected chi connectivity index (χ4v) is 4.19. The lowest BCUT2D eigenvalue weighted by molar-refractivity contribution is 0.0487. The van der Waals surface area contributed by atoms with Crippen LogP contribution in [0.15, 0.2) is 24.3 Å². The van der Waals surface area contributed by atoms with Gasteiger partial charge in [0.2, 0.25) is 0 Å². The zero-order chi connectivity index (χ0) is 24.2. The first kappa shape index (κ1) is 29.2. The van der Waals surface area contributed by atoms with Gasteiger partial charge in [-0.05, 0) is 24.5 Å². The normalized spacial score (nSPS) is 11.9. The second-order valence-corrected chi connectivity index (χ2v) is 9.59. The van der Waals surface area contributed by atoms with Crippen molar-refractivity contribution in [1.29, 1.82) is 0 Å². The lowest BCUT2D eigenvalue weighted by atomic mass is 9.99. The summed E-state index contributed by atoms with van der Waals surface area (Å²) >= 11 is 0. The Morgan fingerprint density at radius 2 is 1.15 bits per heavy atom. The molecule has 0 bridgehead atoms. The van der Waals surface area contributed by atoms with Gasteiger partial charge in [0.05, 0.1) is 17.7 Å². The molecule has 0 spiro atoms. The number of hydrogen-bond acceptors (Lipinski definition) is 3. The molecular weight excluding hydrogens is 412 g/mol. The number of aromatic carboxylic acids is 1. The molecule has 188 valence electrons. The van der Waals surface area contributed by atoms with Gasteiger partial charge in [-0.25, -0.2) is 9.59 Å². The van der Waals surface area contributed by atoms with Gasteiger partial charge >= 0.3 is 11.9 Å². The Labute approximate surface area is 202 Å². The monoisotopic (exact) mass is 460 g/mol. The highest BCUT2D eigenvalue weighted by atomic mass is 16.5. The van der Waals surface area contributed by atoms with E-state index in [1.165, 1.54) is 108 Å². The molecule has 1 aromatic carbocycles. The van der Waals surface area contributed by atoms with Gasteiger partial charge in [-0.3, -0.25) is 0 Å². The summed E-state index contributed by atoms with van der Waals surface area (Å²) in [6.45, 7) is 5.01. The molecule has 4 heteroatoms.